The molecule has 3 heteroatoms. The van der Waals surface area contributed by atoms with Crippen molar-refractivity contribution in [3.8, 4) is 0 Å². The molecule has 21 heavy (non-hydrogen) atoms. The molecule has 1 aromatic carbocycles. The first kappa shape index (κ1) is 17.2. The van der Waals surface area contributed by atoms with Gasteiger partial charge in [0.05, 0.1) is 0 Å². The lowest BCUT2D eigenvalue weighted by Crippen LogP contribution is -2.35. The predicted molar refractivity (Wildman–Crippen MR) is 95.3 cm³/mol. The Labute approximate surface area is 139 Å². The van der Waals surface area contributed by atoms with Crippen LogP contribution in [0.1, 0.15) is 58.9 Å². The first-order valence-corrected chi connectivity index (χ1v) is 9.29. The third-order valence-electron chi connectivity index (χ3n) is 4.01. The molecule has 2 unspecified atom stereocenters. The monoisotopic (exact) mass is 325 g/mol. The summed E-state index contributed by atoms with van der Waals surface area (Å²) in [7, 11) is 0. The quantitative estimate of drug-likeness (QED) is 0.739. The second kappa shape index (κ2) is 7.39. The van der Waals surface area contributed by atoms with Crippen LogP contribution >= 0.6 is 23.4 Å². The second-order valence-electron chi connectivity index (χ2n) is 7.37. The van der Waals surface area contributed by atoms with Crippen molar-refractivity contribution in [1.29, 1.82) is 0 Å². The number of halogens is 1. The van der Waals surface area contributed by atoms with Crippen molar-refractivity contribution >= 4 is 23.4 Å². The maximum Gasteiger partial charge on any atom is 0.0410 e. The molecule has 0 spiro atoms. The zero-order valence-electron chi connectivity index (χ0n) is 13.7. The van der Waals surface area contributed by atoms with Crippen LogP contribution in [-0.4, -0.2) is 10.8 Å². The van der Waals surface area contributed by atoms with Gasteiger partial charge in [0.2, 0.25) is 0 Å². The van der Waals surface area contributed by atoms with E-state index >= 15 is 0 Å². The minimum atomic E-state index is 0.129. The van der Waals surface area contributed by atoms with Gasteiger partial charge in [0.1, 0.15) is 0 Å². The number of thioether (sulfide) groups is 1. The van der Waals surface area contributed by atoms with E-state index in [1.807, 2.05) is 6.07 Å². The molecule has 118 valence electrons. The molecule has 1 aromatic rings. The van der Waals surface area contributed by atoms with Gasteiger partial charge in [-0.25, -0.2) is 0 Å². The van der Waals surface area contributed by atoms with Gasteiger partial charge in [-0.2, -0.15) is 0 Å². The summed E-state index contributed by atoms with van der Waals surface area (Å²) in [6.45, 7) is 9.87. The van der Waals surface area contributed by atoms with E-state index in [0.717, 1.165) is 22.7 Å². The molecule has 2 atom stereocenters. The van der Waals surface area contributed by atoms with Crippen molar-refractivity contribution in [1.82, 2.24) is 5.32 Å². The van der Waals surface area contributed by atoms with Gasteiger partial charge in [-0.15, -0.1) is 11.8 Å². The van der Waals surface area contributed by atoms with Crippen molar-refractivity contribution in [2.75, 3.05) is 0 Å². The second-order valence-corrected chi connectivity index (χ2v) is 9.15. The molecule has 1 aliphatic carbocycles. The van der Waals surface area contributed by atoms with Gasteiger partial charge in [0.25, 0.3) is 0 Å². The van der Waals surface area contributed by atoms with Crippen LogP contribution in [0.4, 0.5) is 0 Å². The zero-order chi connectivity index (χ0) is 15.5. The summed E-state index contributed by atoms with van der Waals surface area (Å²) >= 11 is 8.25. The molecule has 1 nitrogen and oxygen atoms in total. The highest BCUT2D eigenvalue weighted by Crippen LogP contribution is 2.38. The minimum Gasteiger partial charge on any atom is -0.308 e. The number of rotatable bonds is 4. The molecule has 1 aliphatic rings. The lowest BCUT2D eigenvalue weighted by atomic mass is 9.91. The Morgan fingerprint density at radius 1 is 1.29 bits per heavy atom. The number of nitrogens with one attached hydrogen (secondary N) is 1. The molecule has 0 aliphatic heterocycles. The Hall–Kier alpha value is -0.180. The summed E-state index contributed by atoms with van der Waals surface area (Å²) < 4.78 is 0. The van der Waals surface area contributed by atoms with E-state index in [-0.39, 0.29) is 5.54 Å². The smallest absolute Gasteiger partial charge is 0.0410 e. The van der Waals surface area contributed by atoms with Gasteiger partial charge in [-0.05, 0) is 63.3 Å². The Balaban J connectivity index is 2.07. The molecule has 1 N–H and O–H groups in total. The van der Waals surface area contributed by atoms with Gasteiger partial charge in [0, 0.05) is 27.3 Å². The zero-order valence-corrected chi connectivity index (χ0v) is 15.3. The molecule has 1 fully saturated rings. The predicted octanol–water partition coefficient (Wildman–Crippen LogP) is 5.90. The lowest BCUT2D eigenvalue weighted by molar-refractivity contribution is 0.394. The first-order valence-electron chi connectivity index (χ1n) is 8.03. The number of benzene rings is 1. The van der Waals surface area contributed by atoms with E-state index in [1.54, 1.807) is 0 Å². The minimum absolute atomic E-state index is 0.129. The van der Waals surface area contributed by atoms with E-state index in [2.05, 4.69) is 56.9 Å². The van der Waals surface area contributed by atoms with Gasteiger partial charge < -0.3 is 5.32 Å². The highest BCUT2D eigenvalue weighted by Gasteiger charge is 2.21. The maximum atomic E-state index is 6.20. The van der Waals surface area contributed by atoms with Gasteiger partial charge in [0.15, 0.2) is 0 Å². The normalized spacial score (nSPS) is 23.3. The fourth-order valence-corrected chi connectivity index (χ4v) is 4.52. The standard InChI is InChI=1S/C18H28ClNS/c1-13-6-5-7-16(10-13)21-17-9-8-15(19)11-14(17)12-20-18(2,3)4/h8-9,11,13,16,20H,5-7,10,12H2,1-4H3. The SMILES string of the molecule is CC1CCCC(Sc2ccc(Cl)cc2CNC(C)(C)C)C1. The summed E-state index contributed by atoms with van der Waals surface area (Å²) in [6, 6.07) is 6.34. The van der Waals surface area contributed by atoms with Crippen LogP contribution < -0.4 is 5.32 Å². The fraction of sp³-hybridized carbons (Fsp3) is 0.667. The Kier molecular flexibility index (Phi) is 6.05. The van der Waals surface area contributed by atoms with Crippen LogP contribution in [-0.2, 0) is 6.54 Å². The summed E-state index contributed by atoms with van der Waals surface area (Å²) in [5.74, 6) is 0.875. The van der Waals surface area contributed by atoms with Gasteiger partial charge in [-0.3, -0.25) is 0 Å². The van der Waals surface area contributed by atoms with Crippen molar-refractivity contribution in [3.63, 3.8) is 0 Å². The third-order valence-corrected chi connectivity index (χ3v) is 5.66. The van der Waals surface area contributed by atoms with Crippen molar-refractivity contribution in [2.45, 2.75) is 75.6 Å². The fourth-order valence-electron chi connectivity index (χ4n) is 2.83. The Bertz CT molecular complexity index is 467. The molecule has 0 bridgehead atoms. The topological polar surface area (TPSA) is 12.0 Å². The molecule has 0 amide bonds. The average molecular weight is 326 g/mol. The van der Waals surface area contributed by atoms with Crippen LogP contribution in [0, 0.1) is 5.92 Å². The molecule has 0 saturated heterocycles. The first-order chi connectivity index (χ1) is 9.83. The molecule has 0 aromatic heterocycles. The van der Waals surface area contributed by atoms with E-state index in [1.165, 1.54) is 36.1 Å². The van der Waals surface area contributed by atoms with Gasteiger partial charge >= 0.3 is 0 Å². The molecule has 0 heterocycles. The van der Waals surface area contributed by atoms with E-state index in [0.29, 0.717) is 0 Å². The van der Waals surface area contributed by atoms with Crippen LogP contribution in [0.15, 0.2) is 23.1 Å². The van der Waals surface area contributed by atoms with Gasteiger partial charge in [-0.1, -0.05) is 31.4 Å². The molecular formula is C18H28ClNS. The van der Waals surface area contributed by atoms with E-state index < -0.39 is 0 Å². The Morgan fingerprint density at radius 2 is 2.05 bits per heavy atom. The Morgan fingerprint density at radius 3 is 2.71 bits per heavy atom. The van der Waals surface area contributed by atoms with E-state index in [4.69, 9.17) is 11.6 Å². The highest BCUT2D eigenvalue weighted by atomic mass is 35.5. The van der Waals surface area contributed by atoms with Crippen LogP contribution in [0.25, 0.3) is 0 Å². The van der Waals surface area contributed by atoms with Crippen LogP contribution in [0.5, 0.6) is 0 Å². The summed E-state index contributed by atoms with van der Waals surface area (Å²) in [5.41, 5.74) is 1.46. The third kappa shape index (κ3) is 5.84. The number of hydrogen-bond donors (Lipinski definition) is 1. The molecule has 1 saturated carbocycles. The van der Waals surface area contributed by atoms with E-state index in [9.17, 15) is 0 Å². The average Bonchev–Trinajstić information content (AvgIpc) is 2.38. The molecule has 0 radical (unpaired) electrons. The van der Waals surface area contributed by atoms with Crippen molar-refractivity contribution < 1.29 is 0 Å². The maximum absolute atomic E-state index is 6.20. The molecular weight excluding hydrogens is 298 g/mol. The molecule has 2 rings (SSSR count). The summed E-state index contributed by atoms with van der Waals surface area (Å²) in [6.07, 6.45) is 5.47. The summed E-state index contributed by atoms with van der Waals surface area (Å²) in [5, 5.41) is 5.18. The summed E-state index contributed by atoms with van der Waals surface area (Å²) in [4.78, 5) is 1.40. The number of hydrogen-bond acceptors (Lipinski definition) is 2. The lowest BCUT2D eigenvalue weighted by Gasteiger charge is -2.27. The van der Waals surface area contributed by atoms with Crippen molar-refractivity contribution in [3.05, 3.63) is 28.8 Å². The van der Waals surface area contributed by atoms with Crippen LogP contribution in [0.3, 0.4) is 0 Å². The van der Waals surface area contributed by atoms with Crippen LogP contribution in [0.2, 0.25) is 5.02 Å². The van der Waals surface area contributed by atoms with Crippen molar-refractivity contribution in [2.24, 2.45) is 5.92 Å². The highest BCUT2D eigenvalue weighted by molar-refractivity contribution is 8.00. The largest absolute Gasteiger partial charge is 0.308 e.